The number of halogens is 7. The molecule has 0 aliphatic carbocycles. The lowest BCUT2D eigenvalue weighted by molar-refractivity contribution is -0.193. The molecule has 48 heavy (non-hydrogen) atoms. The predicted molar refractivity (Wildman–Crippen MR) is 162 cm³/mol. The Labute approximate surface area is 277 Å². The van der Waals surface area contributed by atoms with Crippen molar-refractivity contribution in [3.8, 4) is 5.75 Å². The molecule has 0 saturated carbocycles. The maximum absolute atomic E-state index is 13.6. The Morgan fingerprint density at radius 3 is 2.08 bits per heavy atom. The van der Waals surface area contributed by atoms with Gasteiger partial charge in [-0.3, -0.25) is 9.78 Å². The van der Waals surface area contributed by atoms with Crippen LogP contribution >= 0.6 is 11.6 Å². The molecule has 0 atom stereocenters. The maximum atomic E-state index is 13.6. The van der Waals surface area contributed by atoms with Gasteiger partial charge in [0.05, 0.1) is 0 Å². The van der Waals surface area contributed by atoms with Crippen molar-refractivity contribution in [2.24, 2.45) is 0 Å². The zero-order valence-electron chi connectivity index (χ0n) is 25.7. The molecule has 1 aromatic heterocycles. The Hall–Kier alpha value is -3.83. The molecule has 0 spiro atoms. The van der Waals surface area contributed by atoms with Gasteiger partial charge in [0, 0.05) is 61.0 Å². The summed E-state index contributed by atoms with van der Waals surface area (Å²) in [6, 6.07) is 9.34. The number of pyridine rings is 1. The van der Waals surface area contributed by atoms with Crippen molar-refractivity contribution in [2.75, 3.05) is 57.9 Å². The Morgan fingerprint density at radius 2 is 1.54 bits per heavy atom. The van der Waals surface area contributed by atoms with Gasteiger partial charge in [-0.1, -0.05) is 11.6 Å². The summed E-state index contributed by atoms with van der Waals surface area (Å²) >= 11 is 6.38. The van der Waals surface area contributed by atoms with Crippen molar-refractivity contribution in [3.63, 3.8) is 0 Å². The number of hydrogen-bond acceptors (Lipinski definition) is 8. The first-order chi connectivity index (χ1) is 22.6. The lowest BCUT2D eigenvalue weighted by atomic mass is 10.0. The minimum Gasteiger partial charge on any atom is -0.492 e. The van der Waals surface area contributed by atoms with Crippen LogP contribution in [0, 0.1) is 0 Å². The molecule has 1 amide bonds. The number of nitrogens with one attached hydrogen (secondary N) is 1. The maximum Gasteiger partial charge on any atom is 0.490 e. The predicted octanol–water partition coefficient (Wildman–Crippen LogP) is 5.60. The van der Waals surface area contributed by atoms with Gasteiger partial charge in [0.2, 0.25) is 0 Å². The van der Waals surface area contributed by atoms with E-state index in [2.05, 4.69) is 15.2 Å². The lowest BCUT2D eigenvalue weighted by Gasteiger charge is -2.35. The number of alkyl halides is 6. The molecule has 1 aromatic carbocycles. The number of amides is 1. The van der Waals surface area contributed by atoms with Gasteiger partial charge in [-0.05, 0) is 82.1 Å². The average Bonchev–Trinajstić information content (AvgIpc) is 3.55. The monoisotopic (exact) mass is 714 g/mol. The number of rotatable bonds is 11. The van der Waals surface area contributed by atoms with E-state index in [0.29, 0.717) is 42.7 Å². The molecule has 11 nitrogen and oxygen atoms in total. The third-order valence-corrected chi connectivity index (χ3v) is 7.17. The quantitative estimate of drug-likeness (QED) is 0.199. The van der Waals surface area contributed by atoms with Gasteiger partial charge < -0.3 is 34.8 Å². The van der Waals surface area contributed by atoms with E-state index in [-0.39, 0.29) is 11.9 Å². The lowest BCUT2D eigenvalue weighted by Crippen LogP contribution is -2.44. The summed E-state index contributed by atoms with van der Waals surface area (Å²) in [4.78, 5) is 40.0. The van der Waals surface area contributed by atoms with Crippen LogP contribution in [-0.2, 0) is 14.3 Å². The largest absolute Gasteiger partial charge is 0.492 e. The summed E-state index contributed by atoms with van der Waals surface area (Å²) in [6.07, 6.45) is -1.38. The summed E-state index contributed by atoms with van der Waals surface area (Å²) in [5, 5.41) is 18.0. The Morgan fingerprint density at radius 1 is 0.979 bits per heavy atom. The number of carbonyl (C=O) groups is 3. The van der Waals surface area contributed by atoms with E-state index in [1.54, 1.807) is 24.5 Å². The van der Waals surface area contributed by atoms with Crippen LogP contribution in [0.3, 0.4) is 0 Å². The number of carbonyl (C=O) groups excluding carboxylic acids is 1. The van der Waals surface area contributed by atoms with Gasteiger partial charge in [-0.15, -0.1) is 0 Å². The molecular formula is C30H37ClF6N4O7. The number of ether oxygens (including phenoxy) is 2. The second-order valence-electron chi connectivity index (χ2n) is 10.5. The van der Waals surface area contributed by atoms with Crippen LogP contribution in [0.1, 0.15) is 42.5 Å². The summed E-state index contributed by atoms with van der Waals surface area (Å²) in [7, 11) is 0. The SMILES string of the molecule is O=C(O)C(F)(F)F.O=C(O)C(F)(F)F.O=C(c1cc(Cl)cc(OCCNc2ccncc2)c1)N(CCCN1CCCC1)C1CCOCC1. The molecule has 2 aliphatic heterocycles. The van der Waals surface area contributed by atoms with Crippen molar-refractivity contribution in [1.29, 1.82) is 0 Å². The molecule has 268 valence electrons. The Kier molecular flexibility index (Phi) is 16.7. The number of carboxylic acid groups (broad SMARTS) is 2. The molecule has 0 bridgehead atoms. The number of likely N-dealkylation sites (tertiary alicyclic amines) is 1. The van der Waals surface area contributed by atoms with Gasteiger partial charge in [0.15, 0.2) is 0 Å². The van der Waals surface area contributed by atoms with Gasteiger partial charge in [0.1, 0.15) is 12.4 Å². The Bertz CT molecular complexity index is 1270. The first kappa shape index (κ1) is 40.3. The normalized spacial score (nSPS) is 15.3. The number of aromatic nitrogens is 1. The van der Waals surface area contributed by atoms with Gasteiger partial charge >= 0.3 is 24.3 Å². The molecule has 2 saturated heterocycles. The molecule has 2 aliphatic rings. The van der Waals surface area contributed by atoms with Crippen molar-refractivity contribution in [1.82, 2.24) is 14.8 Å². The van der Waals surface area contributed by atoms with E-state index in [9.17, 15) is 31.1 Å². The van der Waals surface area contributed by atoms with Crippen LogP contribution in [0.25, 0.3) is 0 Å². The number of hydrogen-bond donors (Lipinski definition) is 3. The molecule has 4 rings (SSSR count). The van der Waals surface area contributed by atoms with E-state index in [1.165, 1.54) is 25.9 Å². The Balaban J connectivity index is 0.000000479. The topological polar surface area (TPSA) is 142 Å². The van der Waals surface area contributed by atoms with Gasteiger partial charge in [-0.2, -0.15) is 26.3 Å². The summed E-state index contributed by atoms with van der Waals surface area (Å²) in [5.74, 6) is -4.88. The van der Waals surface area contributed by atoms with Crippen molar-refractivity contribution < 1.29 is 60.4 Å². The van der Waals surface area contributed by atoms with Crippen molar-refractivity contribution >= 4 is 35.1 Å². The van der Waals surface area contributed by atoms with Crippen LogP contribution in [-0.4, -0.2) is 114 Å². The van der Waals surface area contributed by atoms with Crippen LogP contribution < -0.4 is 10.1 Å². The number of carboxylic acids is 2. The third-order valence-electron chi connectivity index (χ3n) is 6.95. The first-order valence-electron chi connectivity index (χ1n) is 14.9. The van der Waals surface area contributed by atoms with E-state index >= 15 is 0 Å². The summed E-state index contributed by atoms with van der Waals surface area (Å²) in [6.45, 7) is 6.64. The molecule has 2 aromatic rings. The van der Waals surface area contributed by atoms with Crippen LogP contribution in [0.2, 0.25) is 5.02 Å². The smallest absolute Gasteiger partial charge is 0.490 e. The molecule has 0 unspecified atom stereocenters. The number of aliphatic carboxylic acids is 2. The molecule has 18 heteroatoms. The average molecular weight is 715 g/mol. The van der Waals surface area contributed by atoms with Gasteiger partial charge in [-0.25, -0.2) is 9.59 Å². The van der Waals surface area contributed by atoms with E-state index in [4.69, 9.17) is 40.9 Å². The fourth-order valence-electron chi connectivity index (χ4n) is 4.69. The van der Waals surface area contributed by atoms with Crippen LogP contribution in [0.15, 0.2) is 42.7 Å². The molecule has 2 fully saturated rings. The van der Waals surface area contributed by atoms with E-state index < -0.39 is 24.3 Å². The zero-order chi connectivity index (χ0) is 35.7. The fraction of sp³-hybridized carbons (Fsp3) is 0.533. The molecule has 3 heterocycles. The van der Waals surface area contributed by atoms with E-state index in [1.807, 2.05) is 23.1 Å². The molecular weight excluding hydrogens is 678 g/mol. The van der Waals surface area contributed by atoms with Gasteiger partial charge in [0.25, 0.3) is 5.91 Å². The highest BCUT2D eigenvalue weighted by atomic mass is 35.5. The first-order valence-corrected chi connectivity index (χ1v) is 15.2. The molecule has 3 N–H and O–H groups in total. The highest BCUT2D eigenvalue weighted by Gasteiger charge is 2.39. The molecule has 0 radical (unpaired) electrons. The van der Waals surface area contributed by atoms with Crippen molar-refractivity contribution in [2.45, 2.75) is 50.5 Å². The van der Waals surface area contributed by atoms with Crippen LogP contribution in [0.4, 0.5) is 32.0 Å². The van der Waals surface area contributed by atoms with Crippen LogP contribution in [0.5, 0.6) is 5.75 Å². The van der Waals surface area contributed by atoms with Crippen molar-refractivity contribution in [3.05, 3.63) is 53.3 Å². The minimum atomic E-state index is -5.08. The minimum absolute atomic E-state index is 0.0237. The second-order valence-corrected chi connectivity index (χ2v) is 11.0. The van der Waals surface area contributed by atoms with E-state index in [0.717, 1.165) is 38.0 Å². The zero-order valence-corrected chi connectivity index (χ0v) is 26.5. The second kappa shape index (κ2) is 19.9. The highest BCUT2D eigenvalue weighted by Crippen LogP contribution is 2.25. The summed E-state index contributed by atoms with van der Waals surface area (Å²) in [5.41, 5.74) is 1.57. The standard InChI is InChI=1S/C26H35ClN4O3.2C2HF3O2/c27-22-18-21(19-25(20-22)34-17-10-29-23-4-8-28-9-5-23)26(32)31(24-6-15-33-16-7-24)14-3-13-30-11-1-2-12-30;2*3-2(4,5)1(6)7/h4-5,8-9,18-20,24H,1-3,6-7,10-17H2,(H,28,29);2*(H,6,7). The number of nitrogens with zero attached hydrogens (tertiary/aromatic N) is 3. The number of benzene rings is 1. The number of anilines is 1. The fourth-order valence-corrected chi connectivity index (χ4v) is 4.91. The highest BCUT2D eigenvalue weighted by molar-refractivity contribution is 6.31. The third kappa shape index (κ3) is 15.4. The summed E-state index contributed by atoms with van der Waals surface area (Å²) < 4.78 is 74.9.